The molecule has 3 aromatic rings. The first-order chi connectivity index (χ1) is 12.0. The third-order valence-electron chi connectivity index (χ3n) is 4.25. The Morgan fingerprint density at radius 2 is 2.00 bits per heavy atom. The van der Waals surface area contributed by atoms with Crippen molar-refractivity contribution in [2.75, 3.05) is 13.2 Å². The highest BCUT2D eigenvalue weighted by Gasteiger charge is 2.26. The van der Waals surface area contributed by atoms with E-state index in [1.54, 1.807) is 11.3 Å². The first kappa shape index (κ1) is 16.0. The highest BCUT2D eigenvalue weighted by molar-refractivity contribution is 7.15. The average molecular weight is 353 g/mol. The fraction of sp³-hybridized carbons (Fsp3) is 0.368. The number of fused-ring (bicyclic) bond motifs is 2. The molecule has 1 aliphatic heterocycles. The van der Waals surface area contributed by atoms with Gasteiger partial charge in [-0.25, -0.2) is 4.98 Å². The number of hydrogen-bond donors (Lipinski definition) is 0. The van der Waals surface area contributed by atoms with Crippen LogP contribution >= 0.6 is 11.3 Å². The van der Waals surface area contributed by atoms with Gasteiger partial charge in [0.2, 0.25) is 0 Å². The Morgan fingerprint density at radius 1 is 1.24 bits per heavy atom. The minimum Gasteiger partial charge on any atom is -0.486 e. The van der Waals surface area contributed by atoms with Crippen LogP contribution in [0.5, 0.6) is 11.5 Å². The van der Waals surface area contributed by atoms with E-state index in [2.05, 4.69) is 36.6 Å². The lowest BCUT2D eigenvalue weighted by atomic mass is 9.90. The summed E-state index contributed by atoms with van der Waals surface area (Å²) in [4.78, 5) is 5.73. The van der Waals surface area contributed by atoms with Gasteiger partial charge in [-0.3, -0.25) is 4.40 Å². The molecule has 0 atom stereocenters. The standard InChI is InChI=1S/C19H19N3O2S/c1-19(2,3)17-13(6-7-20)22-14(11-25-18(22)21-17)12-4-5-15-16(10-12)24-9-8-23-15/h4-5,10-11H,6,8-9H2,1-3H3. The molecule has 6 heteroatoms. The van der Waals surface area contributed by atoms with Crippen molar-refractivity contribution in [3.05, 3.63) is 35.0 Å². The number of nitrogens with zero attached hydrogens (tertiary/aromatic N) is 3. The quantitative estimate of drug-likeness (QED) is 0.693. The van der Waals surface area contributed by atoms with E-state index in [9.17, 15) is 5.26 Å². The van der Waals surface area contributed by atoms with E-state index < -0.39 is 0 Å². The van der Waals surface area contributed by atoms with E-state index in [1.165, 1.54) is 0 Å². The SMILES string of the molecule is CC(C)(C)c1nc2scc(-c3ccc4c(c3)OCCO4)n2c1CC#N. The zero-order valence-electron chi connectivity index (χ0n) is 14.5. The number of benzene rings is 1. The van der Waals surface area contributed by atoms with Crippen LogP contribution in [0.2, 0.25) is 0 Å². The van der Waals surface area contributed by atoms with Crippen molar-refractivity contribution >= 4 is 16.3 Å². The summed E-state index contributed by atoms with van der Waals surface area (Å²) < 4.78 is 13.4. The van der Waals surface area contributed by atoms with Gasteiger partial charge in [-0.2, -0.15) is 5.26 Å². The third-order valence-corrected chi connectivity index (χ3v) is 5.08. The molecule has 1 aromatic carbocycles. The Hall–Kier alpha value is -2.52. The summed E-state index contributed by atoms with van der Waals surface area (Å²) >= 11 is 1.59. The van der Waals surface area contributed by atoms with E-state index in [4.69, 9.17) is 14.5 Å². The van der Waals surface area contributed by atoms with Crippen molar-refractivity contribution in [1.29, 1.82) is 5.26 Å². The van der Waals surface area contributed by atoms with Crippen molar-refractivity contribution < 1.29 is 9.47 Å². The maximum Gasteiger partial charge on any atom is 0.194 e. The maximum absolute atomic E-state index is 9.32. The fourth-order valence-electron chi connectivity index (χ4n) is 3.16. The molecule has 1 aliphatic rings. The number of hydrogen-bond acceptors (Lipinski definition) is 5. The molecule has 0 aliphatic carbocycles. The molecule has 0 spiro atoms. The van der Waals surface area contributed by atoms with Crippen LogP contribution in [-0.2, 0) is 11.8 Å². The molecule has 3 heterocycles. The van der Waals surface area contributed by atoms with Crippen LogP contribution in [0.15, 0.2) is 23.6 Å². The van der Waals surface area contributed by atoms with Crippen LogP contribution < -0.4 is 9.47 Å². The smallest absolute Gasteiger partial charge is 0.194 e. The van der Waals surface area contributed by atoms with Crippen molar-refractivity contribution in [2.45, 2.75) is 32.6 Å². The number of ether oxygens (including phenoxy) is 2. The summed E-state index contributed by atoms with van der Waals surface area (Å²) in [6, 6.07) is 8.27. The molecule has 0 unspecified atom stereocenters. The minimum atomic E-state index is -0.109. The van der Waals surface area contributed by atoms with E-state index >= 15 is 0 Å². The van der Waals surface area contributed by atoms with Gasteiger partial charge in [0.15, 0.2) is 16.5 Å². The molecule has 0 fully saturated rings. The highest BCUT2D eigenvalue weighted by Crippen LogP contribution is 2.38. The second kappa shape index (κ2) is 5.78. The van der Waals surface area contributed by atoms with Gasteiger partial charge in [-0.15, -0.1) is 11.3 Å². The summed E-state index contributed by atoms with van der Waals surface area (Å²) in [7, 11) is 0. The van der Waals surface area contributed by atoms with Crippen molar-refractivity contribution in [3.8, 4) is 28.8 Å². The number of nitriles is 1. The van der Waals surface area contributed by atoms with Gasteiger partial charge in [0.25, 0.3) is 0 Å². The Balaban J connectivity index is 1.91. The molecular formula is C19H19N3O2S. The average Bonchev–Trinajstić information content (AvgIpc) is 3.15. The zero-order chi connectivity index (χ0) is 17.6. The molecular weight excluding hydrogens is 334 g/mol. The van der Waals surface area contributed by atoms with Gasteiger partial charge >= 0.3 is 0 Å². The van der Waals surface area contributed by atoms with Crippen LogP contribution in [0.4, 0.5) is 0 Å². The first-order valence-electron chi connectivity index (χ1n) is 8.25. The Labute approximate surface area is 150 Å². The summed E-state index contributed by atoms with van der Waals surface area (Å²) in [6.45, 7) is 7.53. The predicted molar refractivity (Wildman–Crippen MR) is 97.5 cm³/mol. The first-order valence-corrected chi connectivity index (χ1v) is 9.13. The van der Waals surface area contributed by atoms with Crippen LogP contribution in [0, 0.1) is 11.3 Å². The van der Waals surface area contributed by atoms with Crippen LogP contribution in [0.3, 0.4) is 0 Å². The summed E-state index contributed by atoms with van der Waals surface area (Å²) in [5.74, 6) is 1.54. The lowest BCUT2D eigenvalue weighted by molar-refractivity contribution is 0.171. The van der Waals surface area contributed by atoms with E-state index in [1.807, 2.05) is 18.2 Å². The van der Waals surface area contributed by atoms with Crippen molar-refractivity contribution in [3.63, 3.8) is 0 Å². The number of rotatable bonds is 2. The minimum absolute atomic E-state index is 0.109. The molecule has 5 nitrogen and oxygen atoms in total. The van der Waals surface area contributed by atoms with Gasteiger partial charge in [-0.05, 0) is 18.2 Å². The monoisotopic (exact) mass is 353 g/mol. The summed E-state index contributed by atoms with van der Waals surface area (Å²) in [5.41, 5.74) is 3.91. The number of thiazole rings is 1. The molecule has 25 heavy (non-hydrogen) atoms. The molecule has 4 rings (SSSR count). The molecule has 0 radical (unpaired) electrons. The molecule has 0 amide bonds. The van der Waals surface area contributed by atoms with Crippen LogP contribution in [0.1, 0.15) is 32.2 Å². The molecule has 0 N–H and O–H groups in total. The van der Waals surface area contributed by atoms with Crippen molar-refractivity contribution in [2.24, 2.45) is 0 Å². The lowest BCUT2D eigenvalue weighted by Gasteiger charge is -2.19. The van der Waals surface area contributed by atoms with Crippen LogP contribution in [-0.4, -0.2) is 22.6 Å². The third kappa shape index (κ3) is 2.65. The van der Waals surface area contributed by atoms with Crippen molar-refractivity contribution in [1.82, 2.24) is 9.38 Å². The van der Waals surface area contributed by atoms with E-state index in [0.29, 0.717) is 19.6 Å². The highest BCUT2D eigenvalue weighted by atomic mass is 32.1. The van der Waals surface area contributed by atoms with Gasteiger partial charge < -0.3 is 9.47 Å². The lowest BCUT2D eigenvalue weighted by Crippen LogP contribution is -2.15. The van der Waals surface area contributed by atoms with Gasteiger partial charge in [0.1, 0.15) is 13.2 Å². The Kier molecular flexibility index (Phi) is 3.69. The normalized spacial score (nSPS) is 13.8. The maximum atomic E-state index is 9.32. The topological polar surface area (TPSA) is 59.6 Å². The Morgan fingerprint density at radius 3 is 2.72 bits per heavy atom. The Bertz CT molecular complexity index is 989. The molecule has 0 saturated carbocycles. The van der Waals surface area contributed by atoms with Gasteiger partial charge in [-0.1, -0.05) is 20.8 Å². The predicted octanol–water partition coefficient (Wildman–Crippen LogP) is 4.20. The van der Waals surface area contributed by atoms with Gasteiger partial charge in [0.05, 0.1) is 29.6 Å². The number of imidazole rings is 1. The van der Waals surface area contributed by atoms with Crippen LogP contribution in [0.25, 0.3) is 16.2 Å². The zero-order valence-corrected chi connectivity index (χ0v) is 15.3. The van der Waals surface area contributed by atoms with Gasteiger partial charge in [0, 0.05) is 16.4 Å². The molecule has 2 aromatic heterocycles. The second-order valence-electron chi connectivity index (χ2n) is 7.09. The molecule has 0 bridgehead atoms. The second-order valence-corrected chi connectivity index (χ2v) is 7.93. The number of aromatic nitrogens is 2. The summed E-state index contributed by atoms with van der Waals surface area (Å²) in [6.07, 6.45) is 0.335. The summed E-state index contributed by atoms with van der Waals surface area (Å²) in [5, 5.41) is 11.4. The van der Waals surface area contributed by atoms with E-state index in [0.717, 1.165) is 39.1 Å². The van der Waals surface area contributed by atoms with E-state index in [-0.39, 0.29) is 5.41 Å². The fourth-order valence-corrected chi connectivity index (χ4v) is 4.07. The molecule has 128 valence electrons. The molecule has 0 saturated heterocycles. The largest absolute Gasteiger partial charge is 0.486 e.